The van der Waals surface area contributed by atoms with E-state index in [0.29, 0.717) is 5.41 Å². The summed E-state index contributed by atoms with van der Waals surface area (Å²) in [7, 11) is 0. The van der Waals surface area contributed by atoms with Crippen LogP contribution in [0.2, 0.25) is 0 Å². The Morgan fingerprint density at radius 3 is 1.72 bits per heavy atom. The van der Waals surface area contributed by atoms with Gasteiger partial charge in [-0.2, -0.15) is 0 Å². The number of benzene rings is 6. The number of hydrogen-bond donors (Lipinski definition) is 0. The van der Waals surface area contributed by atoms with Gasteiger partial charge in [-0.15, -0.1) is 0 Å². The van der Waals surface area contributed by atoms with E-state index in [4.69, 9.17) is 9.15 Å². The lowest BCUT2D eigenvalue weighted by Crippen LogP contribution is -2.48. The van der Waals surface area contributed by atoms with Crippen LogP contribution in [0.1, 0.15) is 44.1 Å². The van der Waals surface area contributed by atoms with Crippen LogP contribution < -0.4 is 14.5 Å². The minimum Gasteiger partial charge on any atom is -0.456 e. The highest BCUT2D eigenvalue weighted by molar-refractivity contribution is 6.06. The van der Waals surface area contributed by atoms with Crippen molar-refractivity contribution in [3.63, 3.8) is 0 Å². The lowest BCUT2D eigenvalue weighted by molar-refractivity contribution is -0.00518. The molecule has 0 spiro atoms. The van der Waals surface area contributed by atoms with Crippen LogP contribution in [0.4, 0.5) is 34.1 Å². The van der Waals surface area contributed by atoms with E-state index in [1.807, 2.05) is 30.3 Å². The van der Waals surface area contributed by atoms with Crippen LogP contribution in [0.25, 0.3) is 21.9 Å². The molecule has 6 aromatic carbocycles. The number of para-hydroxylation sites is 5. The maximum atomic E-state index is 6.39. The number of furan rings is 1. The van der Waals surface area contributed by atoms with Crippen LogP contribution in [0, 0.1) is 17.8 Å². The molecule has 50 heavy (non-hydrogen) atoms. The molecule has 0 amide bonds. The van der Waals surface area contributed by atoms with Gasteiger partial charge in [-0.1, -0.05) is 54.6 Å². The number of hydrogen-bond acceptors (Lipinski definition) is 4. The Kier molecular flexibility index (Phi) is 6.10. The molecule has 1 aromatic heterocycles. The molecule has 4 saturated carbocycles. The van der Waals surface area contributed by atoms with Crippen LogP contribution in [-0.4, -0.2) is 0 Å². The summed E-state index contributed by atoms with van der Waals surface area (Å²) in [6.45, 7) is 0. The van der Waals surface area contributed by atoms with Gasteiger partial charge < -0.3 is 19.0 Å². The third-order valence-electron chi connectivity index (χ3n) is 12.2. The quantitative estimate of drug-likeness (QED) is 0.185. The summed E-state index contributed by atoms with van der Waals surface area (Å²) < 4.78 is 12.7. The highest BCUT2D eigenvalue weighted by atomic mass is 16.5. The summed E-state index contributed by atoms with van der Waals surface area (Å²) in [4.78, 5) is 4.67. The number of nitrogens with zero attached hydrogens (tertiary/aromatic N) is 2. The molecule has 12 rings (SSSR count). The first kappa shape index (κ1) is 28.4. The van der Waals surface area contributed by atoms with E-state index >= 15 is 0 Å². The van der Waals surface area contributed by atoms with E-state index in [1.165, 1.54) is 38.5 Å². The third-order valence-corrected chi connectivity index (χ3v) is 12.2. The van der Waals surface area contributed by atoms with Crippen molar-refractivity contribution in [1.29, 1.82) is 0 Å². The van der Waals surface area contributed by atoms with Crippen molar-refractivity contribution in [1.82, 2.24) is 0 Å². The topological polar surface area (TPSA) is 28.9 Å². The first-order chi connectivity index (χ1) is 24.7. The molecule has 7 aromatic rings. The average molecular weight is 651 g/mol. The van der Waals surface area contributed by atoms with Crippen molar-refractivity contribution >= 4 is 56.1 Å². The zero-order valence-corrected chi connectivity index (χ0v) is 28.0. The molecule has 0 N–H and O–H groups in total. The first-order valence-corrected chi connectivity index (χ1v) is 18.3. The molecule has 4 aliphatic carbocycles. The molecule has 0 atom stereocenters. The molecule has 0 saturated heterocycles. The molecule has 0 unspecified atom stereocenters. The lowest BCUT2D eigenvalue weighted by Gasteiger charge is -2.57. The molecule has 2 heterocycles. The summed E-state index contributed by atoms with van der Waals surface area (Å²) in [5, 5.41) is 2.29. The van der Waals surface area contributed by atoms with E-state index < -0.39 is 0 Å². The zero-order valence-electron chi connectivity index (χ0n) is 28.0. The standard InChI is InChI=1S/C46H38N2O2/c1-4-10-42-38(7-1)39-22-21-37(26-45(39)49-42)47(34-15-13-33(14-16-34)46-27-30-23-31(28-46)25-32(24-30)29-46)35-17-19-36(20-18-35)48-40-8-2-5-11-43(40)50-44-12-6-3-9-41(44)48/h1-22,26,30-32H,23-25,27-29H2. The second-order valence-corrected chi connectivity index (χ2v) is 15.2. The largest absolute Gasteiger partial charge is 0.456 e. The fourth-order valence-corrected chi connectivity index (χ4v) is 10.5. The smallest absolute Gasteiger partial charge is 0.151 e. The van der Waals surface area contributed by atoms with Gasteiger partial charge in [0, 0.05) is 39.6 Å². The normalized spacial score (nSPS) is 23.1. The van der Waals surface area contributed by atoms with E-state index in [9.17, 15) is 0 Å². The van der Waals surface area contributed by atoms with Crippen LogP contribution in [0.15, 0.2) is 144 Å². The van der Waals surface area contributed by atoms with Crippen molar-refractivity contribution in [3.05, 3.63) is 145 Å². The number of ether oxygens (including phenoxy) is 1. The van der Waals surface area contributed by atoms with E-state index in [2.05, 4.69) is 119 Å². The summed E-state index contributed by atoms with van der Waals surface area (Å²) in [5.74, 6) is 4.50. The summed E-state index contributed by atoms with van der Waals surface area (Å²) >= 11 is 0. The highest BCUT2D eigenvalue weighted by Gasteiger charge is 2.51. The van der Waals surface area contributed by atoms with Gasteiger partial charge in [-0.25, -0.2) is 0 Å². The Morgan fingerprint density at radius 2 is 1.06 bits per heavy atom. The molecular weight excluding hydrogens is 613 g/mol. The monoisotopic (exact) mass is 650 g/mol. The molecule has 5 aliphatic rings. The van der Waals surface area contributed by atoms with E-state index in [1.54, 1.807) is 5.56 Å². The van der Waals surface area contributed by atoms with Gasteiger partial charge in [0.25, 0.3) is 0 Å². The van der Waals surface area contributed by atoms with Gasteiger partial charge in [0.1, 0.15) is 11.2 Å². The number of rotatable bonds is 5. The summed E-state index contributed by atoms with van der Waals surface area (Å²) in [6, 6.07) is 50.0. The summed E-state index contributed by atoms with van der Waals surface area (Å²) in [6.07, 6.45) is 8.52. The second-order valence-electron chi connectivity index (χ2n) is 15.2. The minimum atomic E-state index is 0.373. The maximum Gasteiger partial charge on any atom is 0.151 e. The molecule has 1 aliphatic heterocycles. The predicted molar refractivity (Wildman–Crippen MR) is 203 cm³/mol. The summed E-state index contributed by atoms with van der Waals surface area (Å²) in [5.41, 5.74) is 10.2. The minimum absolute atomic E-state index is 0.373. The molecule has 244 valence electrons. The average Bonchev–Trinajstić information content (AvgIpc) is 3.52. The van der Waals surface area contributed by atoms with Gasteiger partial charge in [0.2, 0.25) is 0 Å². The lowest BCUT2D eigenvalue weighted by atomic mass is 9.48. The SMILES string of the molecule is c1ccc2c(c1)Oc1ccccc1N2c1ccc(N(c2ccc(C34CC5CC(CC(C5)C3)C4)cc2)c2ccc3c(c2)oc2ccccc23)cc1. The molecule has 0 radical (unpaired) electrons. The molecule has 4 nitrogen and oxygen atoms in total. The van der Waals surface area contributed by atoms with Gasteiger partial charge in [-0.3, -0.25) is 0 Å². The predicted octanol–water partition coefficient (Wildman–Crippen LogP) is 13.1. The van der Waals surface area contributed by atoms with Crippen molar-refractivity contribution in [2.45, 2.75) is 43.9 Å². The Labute approximate surface area is 292 Å². The Bertz CT molecular complexity index is 2330. The van der Waals surface area contributed by atoms with Crippen molar-refractivity contribution in [2.24, 2.45) is 17.8 Å². The van der Waals surface area contributed by atoms with Crippen molar-refractivity contribution < 1.29 is 9.15 Å². The number of fused-ring (bicyclic) bond motifs is 5. The van der Waals surface area contributed by atoms with Crippen molar-refractivity contribution in [2.75, 3.05) is 9.80 Å². The van der Waals surface area contributed by atoms with Crippen molar-refractivity contribution in [3.8, 4) is 11.5 Å². The molecule has 4 bridgehead atoms. The highest BCUT2D eigenvalue weighted by Crippen LogP contribution is 2.61. The van der Waals surface area contributed by atoms with Crippen LogP contribution >= 0.6 is 0 Å². The number of anilines is 6. The molecular formula is C46H38N2O2. The second kappa shape index (κ2) is 10.8. The van der Waals surface area contributed by atoms with E-state index in [0.717, 1.165) is 85.3 Å². The van der Waals surface area contributed by atoms with Gasteiger partial charge in [0.15, 0.2) is 11.5 Å². The first-order valence-electron chi connectivity index (χ1n) is 18.3. The Hall–Kier alpha value is -5.48. The van der Waals surface area contributed by atoms with Gasteiger partial charge in [0.05, 0.1) is 11.4 Å². The fourth-order valence-electron chi connectivity index (χ4n) is 10.5. The van der Waals surface area contributed by atoms with Crippen LogP contribution in [-0.2, 0) is 5.41 Å². The molecule has 4 heteroatoms. The van der Waals surface area contributed by atoms with Gasteiger partial charge in [-0.05, 0) is 146 Å². The fraction of sp³-hybridized carbons (Fsp3) is 0.217. The maximum absolute atomic E-state index is 6.39. The Balaban J connectivity index is 1.01. The van der Waals surface area contributed by atoms with Crippen LogP contribution in [0.5, 0.6) is 11.5 Å². The van der Waals surface area contributed by atoms with Crippen LogP contribution in [0.3, 0.4) is 0 Å². The molecule has 4 fully saturated rings. The van der Waals surface area contributed by atoms with Gasteiger partial charge >= 0.3 is 0 Å². The third kappa shape index (κ3) is 4.37. The Morgan fingerprint density at radius 1 is 0.520 bits per heavy atom. The van der Waals surface area contributed by atoms with E-state index in [-0.39, 0.29) is 0 Å². The zero-order chi connectivity index (χ0) is 32.8.